The first-order valence-corrected chi connectivity index (χ1v) is 9.91. The molecule has 2 aliphatic rings. The van der Waals surface area contributed by atoms with Crippen LogP contribution in [0.3, 0.4) is 0 Å². The van der Waals surface area contributed by atoms with Crippen LogP contribution in [0.15, 0.2) is 6.07 Å². The highest BCUT2D eigenvalue weighted by molar-refractivity contribution is 5.77. The van der Waals surface area contributed by atoms with Crippen LogP contribution in [0.2, 0.25) is 0 Å². The summed E-state index contributed by atoms with van der Waals surface area (Å²) < 4.78 is 5.15. The van der Waals surface area contributed by atoms with Crippen LogP contribution in [-0.4, -0.2) is 60.7 Å². The molecule has 0 bridgehead atoms. The molecule has 0 saturated carbocycles. The van der Waals surface area contributed by atoms with E-state index < -0.39 is 0 Å². The highest BCUT2D eigenvalue weighted by Crippen LogP contribution is 2.40. The Morgan fingerprint density at radius 3 is 2.88 bits per heavy atom. The van der Waals surface area contributed by atoms with E-state index in [9.17, 15) is 4.79 Å². The predicted molar refractivity (Wildman–Crippen MR) is 102 cm³/mol. The average Bonchev–Trinajstić information content (AvgIpc) is 2.64. The number of carbonyl (C=O) groups excluding carboxylic acids is 1. The predicted octanol–water partition coefficient (Wildman–Crippen LogP) is 2.59. The molecule has 2 fully saturated rings. The van der Waals surface area contributed by atoms with Gasteiger partial charge < -0.3 is 14.5 Å². The third kappa shape index (κ3) is 4.34. The van der Waals surface area contributed by atoms with Crippen LogP contribution >= 0.6 is 0 Å². The third-order valence-electron chi connectivity index (χ3n) is 5.75. The normalized spacial score (nSPS) is 23.7. The summed E-state index contributed by atoms with van der Waals surface area (Å²) in [5.74, 6) is 2.20. The molecule has 26 heavy (non-hydrogen) atoms. The molecule has 6 nitrogen and oxygen atoms in total. The topological polar surface area (TPSA) is 58.6 Å². The number of amides is 1. The van der Waals surface area contributed by atoms with Crippen molar-refractivity contribution in [2.24, 2.45) is 5.41 Å². The number of rotatable bonds is 6. The van der Waals surface area contributed by atoms with Crippen molar-refractivity contribution in [2.45, 2.75) is 52.4 Å². The molecule has 1 amide bonds. The van der Waals surface area contributed by atoms with Crippen molar-refractivity contribution < 1.29 is 9.53 Å². The molecule has 3 rings (SSSR count). The number of carbonyl (C=O) groups is 1. The van der Waals surface area contributed by atoms with E-state index in [1.807, 2.05) is 6.92 Å². The second-order valence-corrected chi connectivity index (χ2v) is 7.81. The number of aryl methyl sites for hydroxylation is 2. The van der Waals surface area contributed by atoms with Crippen molar-refractivity contribution >= 4 is 11.7 Å². The van der Waals surface area contributed by atoms with Crippen LogP contribution in [-0.2, 0) is 16.0 Å². The zero-order valence-electron chi connectivity index (χ0n) is 16.5. The van der Waals surface area contributed by atoms with E-state index in [1.54, 1.807) is 7.11 Å². The molecule has 2 aliphatic heterocycles. The molecule has 144 valence electrons. The monoisotopic (exact) mass is 360 g/mol. The van der Waals surface area contributed by atoms with Gasteiger partial charge in [0.2, 0.25) is 5.91 Å². The van der Waals surface area contributed by atoms with Crippen LogP contribution in [0.4, 0.5) is 5.82 Å². The second-order valence-electron chi connectivity index (χ2n) is 7.81. The van der Waals surface area contributed by atoms with Crippen molar-refractivity contribution in [2.75, 3.05) is 44.8 Å². The number of likely N-dealkylation sites (tertiary alicyclic amines) is 1. The molecule has 1 unspecified atom stereocenters. The molecule has 1 atom stereocenters. The van der Waals surface area contributed by atoms with E-state index in [0.717, 1.165) is 69.2 Å². The lowest BCUT2D eigenvalue weighted by molar-refractivity contribution is -0.138. The maximum absolute atomic E-state index is 12.3. The van der Waals surface area contributed by atoms with Crippen molar-refractivity contribution in [3.8, 4) is 0 Å². The van der Waals surface area contributed by atoms with E-state index in [-0.39, 0.29) is 5.41 Å². The van der Waals surface area contributed by atoms with Gasteiger partial charge in [-0.15, -0.1) is 0 Å². The molecule has 0 N–H and O–H groups in total. The fraction of sp³-hybridized carbons (Fsp3) is 0.750. The van der Waals surface area contributed by atoms with Crippen molar-refractivity contribution in [1.29, 1.82) is 0 Å². The molecule has 1 aromatic heterocycles. The Labute approximate surface area is 156 Å². The lowest BCUT2D eigenvalue weighted by atomic mass is 9.73. The molecular formula is C20H32N4O2. The molecule has 2 saturated heterocycles. The van der Waals surface area contributed by atoms with Crippen LogP contribution in [0.25, 0.3) is 0 Å². The number of nitrogens with zero attached hydrogens (tertiary/aromatic N) is 4. The summed E-state index contributed by atoms with van der Waals surface area (Å²) in [5.41, 5.74) is 1.30. The van der Waals surface area contributed by atoms with E-state index in [2.05, 4.69) is 27.8 Å². The zero-order valence-corrected chi connectivity index (χ0v) is 16.5. The third-order valence-corrected chi connectivity index (χ3v) is 5.75. The SMILES string of the molecule is CCc1cc(N2CCCC3(CCC(=O)N(CCCOC)C3)C2)nc(C)n1. The summed E-state index contributed by atoms with van der Waals surface area (Å²) in [4.78, 5) is 26.0. The number of anilines is 1. The van der Waals surface area contributed by atoms with Gasteiger partial charge in [-0.3, -0.25) is 4.79 Å². The quantitative estimate of drug-likeness (QED) is 0.730. The number of piperidine rings is 2. The molecular weight excluding hydrogens is 328 g/mol. The standard InChI is InChI=1S/C20H32N4O2/c1-4-17-13-18(22-16(2)21-17)23-10-5-8-20(14-23)9-7-19(25)24(15-20)11-6-12-26-3/h13H,4-12,14-15H2,1-3H3. The minimum absolute atomic E-state index is 0.199. The van der Waals surface area contributed by atoms with Gasteiger partial charge in [-0.05, 0) is 39.0 Å². The Hall–Kier alpha value is -1.69. The Morgan fingerprint density at radius 2 is 2.12 bits per heavy atom. The van der Waals surface area contributed by atoms with Gasteiger partial charge in [0, 0.05) is 63.5 Å². The fourth-order valence-corrected chi connectivity index (χ4v) is 4.40. The first kappa shape index (κ1) is 19.1. The average molecular weight is 361 g/mol. The summed E-state index contributed by atoms with van der Waals surface area (Å²) in [6.45, 7) is 8.52. The van der Waals surface area contributed by atoms with Gasteiger partial charge in [0.15, 0.2) is 0 Å². The van der Waals surface area contributed by atoms with E-state index >= 15 is 0 Å². The summed E-state index contributed by atoms with van der Waals surface area (Å²) in [6.07, 6.45) is 5.86. The van der Waals surface area contributed by atoms with Crippen LogP contribution in [0, 0.1) is 12.3 Å². The lowest BCUT2D eigenvalue weighted by Gasteiger charge is -2.48. The summed E-state index contributed by atoms with van der Waals surface area (Å²) >= 11 is 0. The van der Waals surface area contributed by atoms with Crippen LogP contribution in [0.1, 0.15) is 50.5 Å². The van der Waals surface area contributed by atoms with Crippen molar-refractivity contribution in [3.63, 3.8) is 0 Å². The highest BCUT2D eigenvalue weighted by Gasteiger charge is 2.41. The number of aromatic nitrogens is 2. The number of hydrogen-bond acceptors (Lipinski definition) is 5. The fourth-order valence-electron chi connectivity index (χ4n) is 4.40. The van der Waals surface area contributed by atoms with Crippen molar-refractivity contribution in [1.82, 2.24) is 14.9 Å². The maximum atomic E-state index is 12.3. The molecule has 3 heterocycles. The van der Waals surface area contributed by atoms with Gasteiger partial charge >= 0.3 is 0 Å². The minimum atomic E-state index is 0.199. The summed E-state index contributed by atoms with van der Waals surface area (Å²) in [7, 11) is 1.72. The van der Waals surface area contributed by atoms with Crippen LogP contribution < -0.4 is 4.90 Å². The zero-order chi connectivity index (χ0) is 18.6. The second kappa shape index (κ2) is 8.33. The number of methoxy groups -OCH3 is 1. The summed E-state index contributed by atoms with van der Waals surface area (Å²) in [6, 6.07) is 2.14. The first-order valence-electron chi connectivity index (χ1n) is 9.91. The Morgan fingerprint density at radius 1 is 1.27 bits per heavy atom. The number of ether oxygens (including phenoxy) is 1. The molecule has 0 aliphatic carbocycles. The smallest absolute Gasteiger partial charge is 0.222 e. The van der Waals surface area contributed by atoms with Crippen molar-refractivity contribution in [3.05, 3.63) is 17.6 Å². The van der Waals surface area contributed by atoms with Gasteiger partial charge in [-0.25, -0.2) is 9.97 Å². The molecule has 1 spiro atoms. The molecule has 1 aromatic rings. The lowest BCUT2D eigenvalue weighted by Crippen LogP contribution is -2.54. The first-order chi connectivity index (χ1) is 12.5. The van der Waals surface area contributed by atoms with Gasteiger partial charge in [0.1, 0.15) is 11.6 Å². The minimum Gasteiger partial charge on any atom is -0.385 e. The van der Waals surface area contributed by atoms with Gasteiger partial charge in [-0.2, -0.15) is 0 Å². The Bertz CT molecular complexity index is 636. The molecule has 6 heteroatoms. The van der Waals surface area contributed by atoms with Crippen LogP contribution in [0.5, 0.6) is 0 Å². The summed E-state index contributed by atoms with van der Waals surface area (Å²) in [5, 5.41) is 0. The molecule has 0 radical (unpaired) electrons. The van der Waals surface area contributed by atoms with E-state index in [0.29, 0.717) is 18.9 Å². The van der Waals surface area contributed by atoms with Gasteiger partial charge in [0.05, 0.1) is 0 Å². The Kier molecular flexibility index (Phi) is 6.12. The maximum Gasteiger partial charge on any atom is 0.222 e. The number of hydrogen-bond donors (Lipinski definition) is 0. The largest absolute Gasteiger partial charge is 0.385 e. The van der Waals surface area contributed by atoms with E-state index in [4.69, 9.17) is 9.72 Å². The highest BCUT2D eigenvalue weighted by atomic mass is 16.5. The van der Waals surface area contributed by atoms with E-state index in [1.165, 1.54) is 6.42 Å². The van der Waals surface area contributed by atoms with Gasteiger partial charge in [-0.1, -0.05) is 6.92 Å². The molecule has 0 aromatic carbocycles. The van der Waals surface area contributed by atoms with Gasteiger partial charge in [0.25, 0.3) is 0 Å². The Balaban J connectivity index is 1.72.